The van der Waals surface area contributed by atoms with Crippen LogP contribution in [0.5, 0.6) is 5.75 Å². The van der Waals surface area contributed by atoms with Crippen molar-refractivity contribution in [3.05, 3.63) is 29.8 Å². The van der Waals surface area contributed by atoms with Crippen LogP contribution in [-0.2, 0) is 0 Å². The van der Waals surface area contributed by atoms with Crippen LogP contribution in [0.25, 0.3) is 0 Å². The molecule has 0 unspecified atom stereocenters. The molecule has 17 heavy (non-hydrogen) atoms. The van der Waals surface area contributed by atoms with E-state index in [0.29, 0.717) is 5.56 Å². The molecule has 0 saturated heterocycles. The molecule has 0 spiro atoms. The molecule has 0 atom stereocenters. The van der Waals surface area contributed by atoms with Gasteiger partial charge in [-0.05, 0) is 12.1 Å². The fourth-order valence-electron chi connectivity index (χ4n) is 1.11. The maximum Gasteiger partial charge on any atom is 0.392 e. The van der Waals surface area contributed by atoms with Crippen LogP contribution in [0.1, 0.15) is 12.0 Å². The van der Waals surface area contributed by atoms with Gasteiger partial charge in [-0.1, -0.05) is 24.0 Å². The molecule has 0 saturated carbocycles. The third-order valence-corrected chi connectivity index (χ3v) is 1.83. The maximum atomic E-state index is 11.9. The summed E-state index contributed by atoms with van der Waals surface area (Å²) in [7, 11) is 0. The van der Waals surface area contributed by atoms with E-state index < -0.39 is 19.2 Å². The molecule has 0 aliphatic rings. The smallest absolute Gasteiger partial charge is 0.392 e. The van der Waals surface area contributed by atoms with Crippen LogP contribution < -0.4 is 4.74 Å². The number of hydrogen-bond donors (Lipinski definition) is 1. The Bertz CT molecular complexity index is 416. The second-order valence-electron chi connectivity index (χ2n) is 3.17. The first kappa shape index (κ1) is 13.4. The quantitative estimate of drug-likeness (QED) is 0.827. The fraction of sp³-hybridized carbons (Fsp3) is 0.333. The number of aliphatic hydroxyl groups is 1. The molecule has 0 aromatic heterocycles. The normalized spacial score (nSPS) is 10.6. The molecular weight excluding hydrogens is 233 g/mol. The van der Waals surface area contributed by atoms with Crippen molar-refractivity contribution in [2.24, 2.45) is 0 Å². The summed E-state index contributed by atoms with van der Waals surface area (Å²) >= 11 is 0. The van der Waals surface area contributed by atoms with Crippen LogP contribution in [0.15, 0.2) is 24.3 Å². The highest BCUT2D eigenvalue weighted by Gasteiger charge is 2.26. The molecule has 0 heterocycles. The first-order valence-electron chi connectivity index (χ1n) is 4.91. The minimum absolute atomic E-state index is 0.290. The molecule has 1 N–H and O–H groups in total. The van der Waals surface area contributed by atoms with Crippen molar-refractivity contribution in [1.29, 1.82) is 0 Å². The Morgan fingerprint density at radius 3 is 2.59 bits per heavy atom. The largest absolute Gasteiger partial charge is 0.492 e. The lowest BCUT2D eigenvalue weighted by Gasteiger charge is -2.09. The lowest BCUT2D eigenvalue weighted by molar-refractivity contribution is -0.139. The summed E-state index contributed by atoms with van der Waals surface area (Å²) in [6.45, 7) is -0.752. The molecule has 0 fully saturated rings. The van der Waals surface area contributed by atoms with Gasteiger partial charge in [-0.2, -0.15) is 13.2 Å². The fourth-order valence-corrected chi connectivity index (χ4v) is 1.11. The van der Waals surface area contributed by atoms with Crippen LogP contribution in [0, 0.1) is 11.8 Å². The predicted molar refractivity (Wildman–Crippen MR) is 56.6 cm³/mol. The monoisotopic (exact) mass is 244 g/mol. The zero-order valence-corrected chi connectivity index (χ0v) is 8.92. The molecule has 0 aliphatic carbocycles. The molecule has 0 radical (unpaired) electrons. The Morgan fingerprint density at radius 2 is 1.94 bits per heavy atom. The highest BCUT2D eigenvalue weighted by molar-refractivity contribution is 5.45. The van der Waals surface area contributed by atoms with Gasteiger partial charge >= 0.3 is 6.18 Å². The van der Waals surface area contributed by atoms with Gasteiger partial charge in [0, 0.05) is 0 Å². The summed E-state index contributed by atoms with van der Waals surface area (Å²) in [5, 5.41) is 8.54. The van der Waals surface area contributed by atoms with Gasteiger partial charge in [0.25, 0.3) is 0 Å². The van der Waals surface area contributed by atoms with Gasteiger partial charge in [-0.25, -0.2) is 0 Å². The van der Waals surface area contributed by atoms with Gasteiger partial charge in [0.15, 0.2) is 0 Å². The Kier molecular flexibility index (Phi) is 4.85. The Morgan fingerprint density at radius 1 is 1.24 bits per heavy atom. The molecule has 92 valence electrons. The second-order valence-corrected chi connectivity index (χ2v) is 3.17. The highest BCUT2D eigenvalue weighted by Crippen LogP contribution is 2.21. The minimum atomic E-state index is -4.23. The number of alkyl halides is 3. The maximum absolute atomic E-state index is 11.9. The van der Waals surface area contributed by atoms with Crippen molar-refractivity contribution < 1.29 is 23.0 Å². The molecule has 1 rings (SSSR count). The Balaban J connectivity index is 2.64. The van der Waals surface area contributed by atoms with E-state index in [-0.39, 0.29) is 12.4 Å². The molecule has 2 nitrogen and oxygen atoms in total. The number of benzene rings is 1. The van der Waals surface area contributed by atoms with Crippen molar-refractivity contribution in [3.63, 3.8) is 0 Å². The van der Waals surface area contributed by atoms with Crippen LogP contribution in [-0.4, -0.2) is 24.5 Å². The van der Waals surface area contributed by atoms with E-state index in [4.69, 9.17) is 9.84 Å². The highest BCUT2D eigenvalue weighted by atomic mass is 19.4. The zero-order chi connectivity index (χ0) is 12.7. The third-order valence-electron chi connectivity index (χ3n) is 1.83. The number of halogens is 3. The van der Waals surface area contributed by atoms with E-state index in [0.717, 1.165) is 0 Å². The zero-order valence-electron chi connectivity index (χ0n) is 8.92. The van der Waals surface area contributed by atoms with E-state index in [1.165, 1.54) is 6.07 Å². The lowest BCUT2D eigenvalue weighted by atomic mass is 10.2. The number of ether oxygens (including phenoxy) is 1. The van der Waals surface area contributed by atoms with Gasteiger partial charge in [-0.3, -0.25) is 0 Å². The summed E-state index contributed by atoms with van der Waals surface area (Å²) in [6.07, 6.45) is -5.24. The Hall–Kier alpha value is -1.67. The summed E-state index contributed by atoms with van der Waals surface area (Å²) < 4.78 is 40.8. The number of rotatable bonds is 3. The summed E-state index contributed by atoms with van der Waals surface area (Å²) in [6, 6.07) is 6.49. The van der Waals surface area contributed by atoms with Crippen LogP contribution in [0.2, 0.25) is 0 Å². The molecule has 1 aromatic carbocycles. The first-order chi connectivity index (χ1) is 8.03. The topological polar surface area (TPSA) is 29.5 Å². The van der Waals surface area contributed by atoms with Crippen LogP contribution in [0.3, 0.4) is 0 Å². The summed E-state index contributed by atoms with van der Waals surface area (Å²) in [5.74, 6) is 5.31. The average molecular weight is 244 g/mol. The van der Waals surface area contributed by atoms with Crippen molar-refractivity contribution in [1.82, 2.24) is 0 Å². The molecule has 5 heteroatoms. The summed E-state index contributed by atoms with van der Waals surface area (Å²) in [5.41, 5.74) is 0.462. The van der Waals surface area contributed by atoms with Gasteiger partial charge in [0.2, 0.25) is 0 Å². The predicted octanol–water partition coefficient (Wildman–Crippen LogP) is 2.36. The Labute approximate surface area is 97.0 Å². The van der Waals surface area contributed by atoms with E-state index in [1.807, 2.05) is 0 Å². The van der Waals surface area contributed by atoms with E-state index in [2.05, 4.69) is 11.8 Å². The van der Waals surface area contributed by atoms with Crippen molar-refractivity contribution in [2.75, 3.05) is 13.2 Å². The number of hydrogen-bond acceptors (Lipinski definition) is 2. The lowest BCUT2D eigenvalue weighted by Crippen LogP contribution is -2.13. The average Bonchev–Trinajstić information content (AvgIpc) is 2.26. The number of aliphatic hydroxyl groups excluding tert-OH is 1. The van der Waals surface area contributed by atoms with E-state index in [1.54, 1.807) is 18.2 Å². The first-order valence-corrected chi connectivity index (χ1v) is 4.91. The van der Waals surface area contributed by atoms with Gasteiger partial charge in [0.05, 0.1) is 18.6 Å². The van der Waals surface area contributed by atoms with E-state index in [9.17, 15) is 13.2 Å². The molecule has 1 aromatic rings. The molecule has 0 amide bonds. The number of para-hydroxylation sites is 1. The van der Waals surface area contributed by atoms with Crippen LogP contribution >= 0.6 is 0 Å². The molecular formula is C12H11F3O2. The second kappa shape index (κ2) is 6.16. The van der Waals surface area contributed by atoms with Crippen molar-refractivity contribution >= 4 is 0 Å². The van der Waals surface area contributed by atoms with Gasteiger partial charge in [0.1, 0.15) is 12.4 Å². The van der Waals surface area contributed by atoms with Gasteiger partial charge < -0.3 is 9.84 Å². The molecule has 0 bridgehead atoms. The minimum Gasteiger partial charge on any atom is -0.492 e. The molecule has 0 aliphatic heterocycles. The van der Waals surface area contributed by atoms with Crippen LogP contribution in [0.4, 0.5) is 13.2 Å². The van der Waals surface area contributed by atoms with Crippen molar-refractivity contribution in [3.8, 4) is 17.6 Å². The SMILES string of the molecule is OCC#Cc1ccccc1OCCC(F)(F)F. The standard InChI is InChI=1S/C12H11F3O2/c13-12(14,15)7-9-17-11-6-2-1-4-10(11)5-3-8-16/h1-2,4,6,16H,7-9H2. The van der Waals surface area contributed by atoms with E-state index >= 15 is 0 Å². The van der Waals surface area contributed by atoms with Gasteiger partial charge in [-0.15, -0.1) is 0 Å². The van der Waals surface area contributed by atoms with Crippen molar-refractivity contribution in [2.45, 2.75) is 12.6 Å². The summed E-state index contributed by atoms with van der Waals surface area (Å²) in [4.78, 5) is 0. The third kappa shape index (κ3) is 5.27.